The fourth-order valence-corrected chi connectivity index (χ4v) is 4.04. The predicted octanol–water partition coefficient (Wildman–Crippen LogP) is 2.65. The Hall–Kier alpha value is -2.40. The topological polar surface area (TPSA) is 95.7 Å². The van der Waals surface area contributed by atoms with Crippen LogP contribution in [0.4, 0.5) is 5.88 Å². The lowest BCUT2D eigenvalue weighted by atomic mass is 9.71. The number of fused-ring (bicyclic) bond motifs is 1. The maximum Gasteiger partial charge on any atom is 0.302 e. The van der Waals surface area contributed by atoms with E-state index >= 15 is 0 Å². The van der Waals surface area contributed by atoms with Crippen molar-refractivity contribution in [1.29, 1.82) is 5.26 Å². The monoisotopic (exact) mass is 386 g/mol. The maximum absolute atomic E-state index is 12.1. The first-order valence-electron chi connectivity index (χ1n) is 8.94. The number of amides is 1. The number of hydrogen-bond acceptors (Lipinski definition) is 6. The van der Waals surface area contributed by atoms with E-state index in [4.69, 9.17) is 9.51 Å². The Bertz CT molecular complexity index is 894. The molecule has 1 atom stereocenters. The van der Waals surface area contributed by atoms with Crippen LogP contribution in [0.15, 0.2) is 21.8 Å². The van der Waals surface area contributed by atoms with Crippen LogP contribution in [0.5, 0.6) is 0 Å². The van der Waals surface area contributed by atoms with Crippen molar-refractivity contribution in [3.05, 3.63) is 29.1 Å². The lowest BCUT2D eigenvalue weighted by molar-refractivity contribution is -0.739. The molecule has 1 amide bonds. The summed E-state index contributed by atoms with van der Waals surface area (Å²) in [5.41, 5.74) is 3.00. The van der Waals surface area contributed by atoms with Gasteiger partial charge in [0.15, 0.2) is 12.3 Å². The van der Waals surface area contributed by atoms with E-state index in [1.165, 1.54) is 22.0 Å². The van der Waals surface area contributed by atoms with E-state index in [9.17, 15) is 10.1 Å². The van der Waals surface area contributed by atoms with E-state index in [-0.39, 0.29) is 23.0 Å². The Morgan fingerprint density at radius 2 is 2.30 bits per heavy atom. The molecule has 1 aliphatic rings. The van der Waals surface area contributed by atoms with Crippen molar-refractivity contribution >= 4 is 23.6 Å². The first kappa shape index (κ1) is 19.4. The van der Waals surface area contributed by atoms with Gasteiger partial charge in [-0.15, -0.1) is 0 Å². The summed E-state index contributed by atoms with van der Waals surface area (Å²) in [5, 5.41) is 16.4. The summed E-state index contributed by atoms with van der Waals surface area (Å²) < 4.78 is 6.41. The molecule has 1 unspecified atom stereocenters. The Morgan fingerprint density at radius 1 is 1.52 bits per heavy atom. The third-order valence-electron chi connectivity index (χ3n) is 4.87. The third kappa shape index (κ3) is 4.66. The number of aromatic nitrogens is 3. The molecule has 0 bridgehead atoms. The average Bonchev–Trinajstić information content (AvgIpc) is 3.02. The minimum absolute atomic E-state index is 0.148. The van der Waals surface area contributed by atoms with Gasteiger partial charge in [-0.2, -0.15) is 5.26 Å². The SMILES string of the molecule is C[n+]1cc(NC(=O)CSc2nc3c(cc2C#N)CC(C(C)(C)C)CC3)on1. The number of rotatable bonds is 4. The molecule has 2 aromatic rings. The number of carbonyl (C=O) groups excluding carboxylic acids is 1. The number of thioether (sulfide) groups is 1. The van der Waals surface area contributed by atoms with Crippen molar-refractivity contribution < 1.29 is 14.0 Å². The normalized spacial score (nSPS) is 16.5. The number of nitrogens with one attached hydrogen (secondary N) is 1. The first-order valence-corrected chi connectivity index (χ1v) is 9.93. The highest BCUT2D eigenvalue weighted by Gasteiger charge is 2.30. The molecule has 0 saturated heterocycles. The number of carbonyl (C=O) groups is 1. The number of nitrogens with zero attached hydrogens (tertiary/aromatic N) is 4. The van der Waals surface area contributed by atoms with Crippen LogP contribution in [0.1, 0.15) is 44.0 Å². The van der Waals surface area contributed by atoms with Gasteiger partial charge in [0.25, 0.3) is 6.20 Å². The van der Waals surface area contributed by atoms with E-state index in [1.54, 1.807) is 13.2 Å². The van der Waals surface area contributed by atoms with Crippen LogP contribution >= 0.6 is 11.8 Å². The fraction of sp³-hybridized carbons (Fsp3) is 0.526. The molecule has 2 aromatic heterocycles. The molecule has 0 aliphatic heterocycles. The van der Waals surface area contributed by atoms with E-state index in [0.29, 0.717) is 16.5 Å². The van der Waals surface area contributed by atoms with Crippen molar-refractivity contribution in [2.24, 2.45) is 18.4 Å². The van der Waals surface area contributed by atoms with Crippen molar-refractivity contribution in [1.82, 2.24) is 10.3 Å². The molecule has 0 saturated carbocycles. The Kier molecular flexibility index (Phi) is 5.51. The molecule has 2 heterocycles. The average molecular weight is 387 g/mol. The van der Waals surface area contributed by atoms with Gasteiger partial charge < -0.3 is 0 Å². The van der Waals surface area contributed by atoms with Gasteiger partial charge in [0.05, 0.1) is 11.3 Å². The largest absolute Gasteiger partial charge is 0.302 e. The molecule has 3 rings (SSSR count). The van der Waals surface area contributed by atoms with E-state index in [1.807, 2.05) is 6.07 Å². The van der Waals surface area contributed by atoms with E-state index in [2.05, 4.69) is 37.4 Å². The summed E-state index contributed by atoms with van der Waals surface area (Å²) in [5.74, 6) is 0.796. The highest BCUT2D eigenvalue weighted by molar-refractivity contribution is 8.00. The summed E-state index contributed by atoms with van der Waals surface area (Å²) in [6.45, 7) is 6.79. The number of anilines is 1. The van der Waals surface area contributed by atoms with Crippen molar-refractivity contribution in [2.45, 2.75) is 45.1 Å². The second kappa shape index (κ2) is 7.69. The second-order valence-electron chi connectivity index (χ2n) is 7.94. The minimum atomic E-state index is -0.229. The van der Waals surface area contributed by atoms with Crippen molar-refractivity contribution in [3.63, 3.8) is 0 Å². The molecule has 8 heteroatoms. The van der Waals surface area contributed by atoms with Gasteiger partial charge in [0.1, 0.15) is 11.1 Å². The van der Waals surface area contributed by atoms with Crippen LogP contribution in [0, 0.1) is 22.7 Å². The van der Waals surface area contributed by atoms with E-state index < -0.39 is 0 Å². The van der Waals surface area contributed by atoms with Crippen LogP contribution in [-0.4, -0.2) is 21.9 Å². The molecule has 0 radical (unpaired) electrons. The number of pyridine rings is 1. The predicted molar refractivity (Wildman–Crippen MR) is 101 cm³/mol. The Balaban J connectivity index is 1.69. The van der Waals surface area contributed by atoms with Gasteiger partial charge in [-0.1, -0.05) is 37.2 Å². The zero-order valence-electron chi connectivity index (χ0n) is 16.1. The summed E-state index contributed by atoms with van der Waals surface area (Å²) in [4.78, 5) is 16.8. The van der Waals surface area contributed by atoms with Gasteiger partial charge >= 0.3 is 5.88 Å². The molecule has 0 spiro atoms. The molecule has 27 heavy (non-hydrogen) atoms. The molecule has 0 aromatic carbocycles. The Labute approximate surface area is 163 Å². The van der Waals surface area contributed by atoms with Gasteiger partial charge in [0, 0.05) is 5.69 Å². The van der Waals surface area contributed by atoms with Crippen LogP contribution in [0.25, 0.3) is 0 Å². The van der Waals surface area contributed by atoms with Crippen LogP contribution in [-0.2, 0) is 24.7 Å². The molecular weight excluding hydrogens is 362 g/mol. The fourth-order valence-electron chi connectivity index (χ4n) is 3.26. The molecule has 142 valence electrons. The Morgan fingerprint density at radius 3 is 2.93 bits per heavy atom. The second-order valence-corrected chi connectivity index (χ2v) is 8.91. The summed E-state index contributed by atoms with van der Waals surface area (Å²) >= 11 is 1.27. The quantitative estimate of drug-likeness (QED) is 0.641. The summed E-state index contributed by atoms with van der Waals surface area (Å²) in [6.07, 6.45) is 4.54. The van der Waals surface area contributed by atoms with E-state index in [0.717, 1.165) is 25.0 Å². The smallest absolute Gasteiger partial charge is 0.288 e. The standard InChI is InChI=1S/C19H23N5O2S/c1-19(2,3)14-5-6-15-12(8-14)7-13(9-20)18(21-15)27-11-16(25)22-17-10-24(4)23-26-17/h7,10,14H,5-6,8,11H2,1-4H3/p+1. The van der Waals surface area contributed by atoms with Gasteiger partial charge in [-0.05, 0) is 42.2 Å². The maximum atomic E-state index is 12.1. The van der Waals surface area contributed by atoms with Gasteiger partial charge in [0.2, 0.25) is 5.91 Å². The van der Waals surface area contributed by atoms with Crippen LogP contribution in [0.3, 0.4) is 0 Å². The minimum Gasteiger partial charge on any atom is -0.288 e. The first-order chi connectivity index (χ1) is 12.8. The summed E-state index contributed by atoms with van der Waals surface area (Å²) in [6, 6.07) is 4.18. The highest BCUT2D eigenvalue weighted by atomic mass is 32.2. The number of hydrogen-bond donors (Lipinski definition) is 1. The molecule has 1 N–H and O–H groups in total. The zero-order chi connectivity index (χ0) is 19.6. The molecular formula is C19H24N5O2S+. The van der Waals surface area contributed by atoms with Crippen LogP contribution in [0.2, 0.25) is 0 Å². The van der Waals surface area contributed by atoms with Crippen molar-refractivity contribution in [3.8, 4) is 6.07 Å². The van der Waals surface area contributed by atoms with Crippen LogP contribution < -0.4 is 10.00 Å². The summed E-state index contributed by atoms with van der Waals surface area (Å²) in [7, 11) is 1.70. The van der Waals surface area contributed by atoms with Gasteiger partial charge in [-0.25, -0.2) is 4.98 Å². The third-order valence-corrected chi connectivity index (χ3v) is 5.86. The van der Waals surface area contributed by atoms with Crippen molar-refractivity contribution in [2.75, 3.05) is 11.1 Å². The highest BCUT2D eigenvalue weighted by Crippen LogP contribution is 2.38. The number of nitriles is 1. The molecule has 0 fully saturated rings. The number of aryl methyl sites for hydroxylation is 2. The lowest BCUT2D eigenvalue weighted by Crippen LogP contribution is -2.28. The molecule has 1 aliphatic carbocycles. The van der Waals surface area contributed by atoms with Gasteiger partial charge in [-0.3, -0.25) is 14.6 Å². The molecule has 7 nitrogen and oxygen atoms in total. The lowest BCUT2D eigenvalue weighted by Gasteiger charge is -2.34. The zero-order valence-corrected chi connectivity index (χ0v) is 16.9.